The van der Waals surface area contributed by atoms with Gasteiger partial charge in [-0.1, -0.05) is 70.7 Å². The molecule has 0 amide bonds. The maximum Gasteiger partial charge on any atom is 1.00 e. The minimum atomic E-state index is -3.95. The molecule has 0 bridgehead atoms. The number of nitro groups is 3. The molecule has 0 saturated carbocycles. The van der Waals surface area contributed by atoms with E-state index in [1.165, 1.54) is 53.4 Å². The van der Waals surface area contributed by atoms with E-state index in [-0.39, 0.29) is 67.9 Å². The van der Waals surface area contributed by atoms with Gasteiger partial charge in [0.15, 0.2) is 0 Å². The SMILES string of the molecule is C[C@H](CCl)NP(=O)(Cl)Cl.C[C@H](CCl)NP(=O)(OCc1cnc([N+](=O)[O-])n1C)OCc1cnc([N+](=O)[O-])n1C.C[Si](C)(C)[N-][Si](C)(C)C.Cn1c(CO)cnc1[N+](=O)[O-].[Li+]. The number of hydrogen-bond acceptors (Lipinski definition) is 14. The van der Waals surface area contributed by atoms with Gasteiger partial charge >= 0.3 is 50.5 Å². The summed E-state index contributed by atoms with van der Waals surface area (Å²) in [5, 5.41) is 45.6. The summed E-state index contributed by atoms with van der Waals surface area (Å²) in [7, 11) is -1.85. The number of aromatic nitrogens is 6. The smallest absolute Gasteiger partial charge is 0.668 e. The Morgan fingerprint density at radius 1 is 0.729 bits per heavy atom. The molecular formula is C27H51Cl4LiN12O11P2Si2. The molecule has 3 rings (SSSR count). The van der Waals surface area contributed by atoms with Gasteiger partial charge in [0.1, 0.15) is 55.5 Å². The Hall–Kier alpha value is -1.76. The summed E-state index contributed by atoms with van der Waals surface area (Å²) in [4.78, 5) is 40.8. The standard InChI is InChI=1S/C13H19ClN7O7P.C6H18NSi2.C5H7N3O3.C3H7Cl3NOP.Li/c1-9(4-14)17-29(26,27-7-10-5-15-12(18(10)2)20(22)23)28-8-11-6-16-13(19(11)3)21(24)25;1-8(2,3)7-9(4,5)6;1-7-4(3-9)2-6-5(7)8(10)11;1-3(2-4)7-9(5,6)8;/h5-6,9H,4,7-8H2,1-3H3,(H,17,26);1-6H3;2,9H,3H2,1H3;3H,2H2,1H3,(H,7,8);/q;-1;;;+1/t9-;;;3-;/m1..1./s1. The second-order valence-electron chi connectivity index (χ2n) is 14.1. The molecule has 0 aliphatic heterocycles. The van der Waals surface area contributed by atoms with Crippen molar-refractivity contribution in [2.75, 3.05) is 11.8 Å². The van der Waals surface area contributed by atoms with Crippen LogP contribution in [0.2, 0.25) is 39.3 Å². The molecule has 3 aromatic heterocycles. The number of aliphatic hydroxyl groups excluding tert-OH is 1. The Balaban J connectivity index is 0. The summed E-state index contributed by atoms with van der Waals surface area (Å²) in [6, 6.07) is -0.572. The van der Waals surface area contributed by atoms with Crippen molar-refractivity contribution in [1.29, 1.82) is 0 Å². The number of imidazole rings is 3. The first-order chi connectivity index (χ1) is 26.4. The molecule has 332 valence electrons. The van der Waals surface area contributed by atoms with E-state index in [0.717, 1.165) is 0 Å². The average molecular weight is 987 g/mol. The molecule has 3 heterocycles. The summed E-state index contributed by atoms with van der Waals surface area (Å²) in [6.45, 7) is 16.3. The van der Waals surface area contributed by atoms with Gasteiger partial charge in [-0.3, -0.25) is 13.6 Å². The third-order valence-electron chi connectivity index (χ3n) is 6.48. The van der Waals surface area contributed by atoms with Crippen molar-refractivity contribution >= 4 is 93.7 Å². The molecule has 2 atom stereocenters. The maximum atomic E-state index is 13.1. The van der Waals surface area contributed by atoms with E-state index >= 15 is 0 Å². The fourth-order valence-corrected chi connectivity index (χ4v) is 15.7. The first-order valence-electron chi connectivity index (χ1n) is 16.8. The molecule has 0 saturated heterocycles. The van der Waals surface area contributed by atoms with Gasteiger partial charge in [0.05, 0.1) is 21.1 Å². The average Bonchev–Trinajstić information content (AvgIpc) is 3.76. The normalized spacial score (nSPS) is 12.7. The van der Waals surface area contributed by atoms with Crippen molar-refractivity contribution in [3.8, 4) is 0 Å². The monoisotopic (exact) mass is 984 g/mol. The summed E-state index contributed by atoms with van der Waals surface area (Å²) in [5.41, 5.74) is 1.01. The van der Waals surface area contributed by atoms with Crippen LogP contribution in [0, 0.1) is 30.3 Å². The van der Waals surface area contributed by atoms with Crippen LogP contribution in [0.15, 0.2) is 18.6 Å². The minimum absolute atomic E-state index is 0. The van der Waals surface area contributed by atoms with Gasteiger partial charge in [0, 0.05) is 23.8 Å². The van der Waals surface area contributed by atoms with Crippen LogP contribution in [0.3, 0.4) is 0 Å². The van der Waals surface area contributed by atoms with E-state index in [9.17, 15) is 39.5 Å². The Labute approximate surface area is 376 Å². The van der Waals surface area contributed by atoms with Gasteiger partial charge in [0.25, 0.3) is 0 Å². The number of rotatable bonds is 18. The summed E-state index contributed by atoms with van der Waals surface area (Å²) in [6.07, 6.45) is 3.72. The van der Waals surface area contributed by atoms with Crippen molar-refractivity contribution < 1.29 is 56.9 Å². The van der Waals surface area contributed by atoms with E-state index < -0.39 is 62.9 Å². The van der Waals surface area contributed by atoms with Gasteiger partial charge < -0.3 is 40.1 Å². The van der Waals surface area contributed by atoms with Crippen molar-refractivity contribution in [3.63, 3.8) is 0 Å². The molecule has 23 nitrogen and oxygen atoms in total. The maximum absolute atomic E-state index is 13.1. The molecule has 0 aliphatic carbocycles. The molecule has 0 unspecified atom stereocenters. The van der Waals surface area contributed by atoms with Crippen LogP contribution in [0.5, 0.6) is 0 Å². The fraction of sp³-hybridized carbons (Fsp3) is 0.667. The van der Waals surface area contributed by atoms with Gasteiger partial charge in [-0.05, 0) is 51.1 Å². The Kier molecular flexibility index (Phi) is 26.8. The molecule has 59 heavy (non-hydrogen) atoms. The molecule has 0 aliphatic rings. The molecular weight excluding hydrogens is 935 g/mol. The van der Waals surface area contributed by atoms with Crippen LogP contribution in [0.25, 0.3) is 4.65 Å². The third kappa shape index (κ3) is 23.9. The second-order valence-corrected chi connectivity index (χ2v) is 30.6. The van der Waals surface area contributed by atoms with E-state index in [2.05, 4.69) is 64.4 Å². The van der Waals surface area contributed by atoms with Crippen LogP contribution in [-0.2, 0) is 59.1 Å². The molecule has 32 heteroatoms. The van der Waals surface area contributed by atoms with Crippen molar-refractivity contribution in [1.82, 2.24) is 38.8 Å². The zero-order chi connectivity index (χ0) is 45.4. The summed E-state index contributed by atoms with van der Waals surface area (Å²) in [5.74, 6) is -3.74. The fourth-order valence-electron chi connectivity index (χ4n) is 4.24. The number of nitrogens with one attached hydrogen (secondary N) is 2. The predicted molar refractivity (Wildman–Crippen MR) is 229 cm³/mol. The van der Waals surface area contributed by atoms with Gasteiger partial charge in [-0.2, -0.15) is 0 Å². The topological polar surface area (TPSA) is 294 Å². The molecule has 0 radical (unpaired) electrons. The number of halogens is 4. The van der Waals surface area contributed by atoms with Gasteiger partial charge in [-0.25, -0.2) is 28.4 Å². The largest absolute Gasteiger partial charge is 1.00 e. The molecule has 3 N–H and O–H groups in total. The quantitative estimate of drug-likeness (QED) is 0.0513. The first-order valence-corrected chi connectivity index (χ1v) is 29.8. The molecule has 0 spiro atoms. The Morgan fingerprint density at radius 2 is 1.03 bits per heavy atom. The summed E-state index contributed by atoms with van der Waals surface area (Å²) < 4.78 is 42.8. The van der Waals surface area contributed by atoms with Crippen molar-refractivity contribution in [2.24, 2.45) is 21.1 Å². The van der Waals surface area contributed by atoms with E-state index in [1.54, 1.807) is 13.8 Å². The van der Waals surface area contributed by atoms with Crippen LogP contribution >= 0.6 is 59.4 Å². The number of nitrogens with zero attached hydrogens (tertiary/aromatic N) is 10. The van der Waals surface area contributed by atoms with Crippen molar-refractivity contribution in [3.05, 3.63) is 70.7 Å². The van der Waals surface area contributed by atoms with E-state index in [1.807, 2.05) is 0 Å². The molecule has 3 aromatic rings. The van der Waals surface area contributed by atoms with E-state index in [4.69, 9.17) is 64.5 Å². The summed E-state index contributed by atoms with van der Waals surface area (Å²) >= 11 is 21.4. The predicted octanol–water partition coefficient (Wildman–Crippen LogP) is 4.67. The van der Waals surface area contributed by atoms with Crippen LogP contribution < -0.4 is 29.0 Å². The third-order valence-corrected chi connectivity index (χ3v) is 15.8. The van der Waals surface area contributed by atoms with Gasteiger partial charge in [-0.15, -0.1) is 23.2 Å². The van der Waals surface area contributed by atoms with Crippen molar-refractivity contribution in [2.45, 2.75) is 85.0 Å². The molecule has 0 fully saturated rings. The first kappa shape index (κ1) is 59.3. The minimum Gasteiger partial charge on any atom is -0.668 e. The number of aliphatic hydroxyl groups is 1. The Morgan fingerprint density at radius 3 is 1.24 bits per heavy atom. The van der Waals surface area contributed by atoms with Crippen LogP contribution in [0.1, 0.15) is 30.9 Å². The Bertz CT molecular complexity index is 1820. The zero-order valence-electron chi connectivity index (χ0n) is 34.8. The van der Waals surface area contributed by atoms with Crippen LogP contribution in [-0.4, -0.2) is 88.8 Å². The zero-order valence-corrected chi connectivity index (χ0v) is 41.6. The second kappa shape index (κ2) is 26.7. The van der Waals surface area contributed by atoms with Gasteiger partial charge in [0.2, 0.25) is 0 Å². The molecule has 0 aromatic carbocycles. The van der Waals surface area contributed by atoms with E-state index in [0.29, 0.717) is 11.6 Å². The number of hydrogen-bond donors (Lipinski definition) is 3. The number of alkyl halides is 2. The van der Waals surface area contributed by atoms with Crippen LogP contribution in [0.4, 0.5) is 17.8 Å².